The number of likely N-dealkylation sites (tertiary alicyclic amines) is 1. The first-order valence-electron chi connectivity index (χ1n) is 11.8. The number of hydrogen-bond acceptors (Lipinski definition) is 5. The predicted octanol–water partition coefficient (Wildman–Crippen LogP) is 5.22. The summed E-state index contributed by atoms with van der Waals surface area (Å²) in [5, 5.41) is 4.83. The van der Waals surface area contributed by atoms with E-state index in [1.54, 1.807) is 20.2 Å². The van der Waals surface area contributed by atoms with Gasteiger partial charge in [0.2, 0.25) is 0 Å². The topological polar surface area (TPSA) is 70.5 Å². The van der Waals surface area contributed by atoms with Gasteiger partial charge in [-0.1, -0.05) is 58.4 Å². The van der Waals surface area contributed by atoms with E-state index >= 15 is 0 Å². The maximum absolute atomic E-state index is 5.33. The minimum atomic E-state index is 0.481. The molecule has 5 heteroatoms. The number of hydrazine groups is 1. The molecule has 0 saturated carbocycles. The molecule has 0 amide bonds. The largest absolute Gasteiger partial charge is 0.401 e. The molecule has 1 atom stereocenters. The van der Waals surface area contributed by atoms with E-state index in [2.05, 4.69) is 62.3 Å². The molecule has 5 nitrogen and oxygen atoms in total. The van der Waals surface area contributed by atoms with Crippen LogP contribution in [0.3, 0.4) is 0 Å². The van der Waals surface area contributed by atoms with Crippen molar-refractivity contribution in [1.29, 1.82) is 0 Å². The lowest BCUT2D eigenvalue weighted by Gasteiger charge is -2.23. The van der Waals surface area contributed by atoms with Crippen molar-refractivity contribution >= 4 is 0 Å². The number of rotatable bonds is 7. The van der Waals surface area contributed by atoms with E-state index in [1.165, 1.54) is 30.0 Å². The molecule has 0 spiro atoms. The molecule has 1 heterocycles. The van der Waals surface area contributed by atoms with Crippen molar-refractivity contribution in [3.8, 4) is 12.3 Å². The Kier molecular flexibility index (Phi) is 19.7. The van der Waals surface area contributed by atoms with E-state index in [-0.39, 0.29) is 0 Å². The molecule has 1 fully saturated rings. The van der Waals surface area contributed by atoms with Crippen molar-refractivity contribution in [1.82, 2.24) is 15.2 Å². The second-order valence-corrected chi connectivity index (χ2v) is 8.32. The van der Waals surface area contributed by atoms with Gasteiger partial charge in [0.05, 0.1) is 0 Å². The van der Waals surface area contributed by atoms with Gasteiger partial charge in [0.25, 0.3) is 0 Å². The monoisotopic (exact) mass is 455 g/mol. The van der Waals surface area contributed by atoms with E-state index in [9.17, 15) is 0 Å². The second-order valence-electron chi connectivity index (χ2n) is 8.32. The number of likely N-dealkylation sites (N-methyl/N-ethyl adjacent to an activating group) is 1. The Morgan fingerprint density at radius 3 is 2.21 bits per heavy atom. The Morgan fingerprint density at radius 2 is 1.91 bits per heavy atom. The van der Waals surface area contributed by atoms with Gasteiger partial charge in [-0.2, -0.15) is 0 Å². The predicted molar refractivity (Wildman–Crippen MR) is 147 cm³/mol. The lowest BCUT2D eigenvalue weighted by atomic mass is 10.1. The van der Waals surface area contributed by atoms with E-state index in [4.69, 9.17) is 18.0 Å². The zero-order valence-corrected chi connectivity index (χ0v) is 22.2. The molecule has 5 N–H and O–H groups in total. The van der Waals surface area contributed by atoms with Crippen LogP contribution >= 0.6 is 0 Å². The molecule has 1 saturated heterocycles. The van der Waals surface area contributed by atoms with Crippen LogP contribution in [0.2, 0.25) is 0 Å². The average molecular weight is 456 g/mol. The van der Waals surface area contributed by atoms with E-state index < -0.39 is 0 Å². The maximum Gasteiger partial charge on any atom is 0.0486 e. The molecular weight excluding hydrogens is 406 g/mol. The third-order valence-corrected chi connectivity index (χ3v) is 4.61. The van der Waals surface area contributed by atoms with Gasteiger partial charge in [0.1, 0.15) is 0 Å². The highest BCUT2D eigenvalue weighted by molar-refractivity contribution is 5.34. The van der Waals surface area contributed by atoms with Gasteiger partial charge < -0.3 is 16.1 Å². The Morgan fingerprint density at radius 1 is 1.33 bits per heavy atom. The lowest BCUT2D eigenvalue weighted by molar-refractivity contribution is 0.334. The average Bonchev–Trinajstić information content (AvgIpc) is 3.19. The van der Waals surface area contributed by atoms with Crippen molar-refractivity contribution in [2.75, 3.05) is 20.6 Å². The fourth-order valence-electron chi connectivity index (χ4n) is 3.06. The zero-order chi connectivity index (χ0) is 25.8. The molecule has 1 aromatic carbocycles. The number of hydrogen-bond donors (Lipinski definition) is 3. The molecule has 1 aromatic rings. The number of nitrogens with one attached hydrogen (secondary N) is 1. The fraction of sp³-hybridized carbons (Fsp3) is 0.500. The molecule has 0 aliphatic carbocycles. The van der Waals surface area contributed by atoms with Gasteiger partial charge in [-0.05, 0) is 63.4 Å². The van der Waals surface area contributed by atoms with Crippen LogP contribution in [-0.2, 0) is 6.54 Å². The van der Waals surface area contributed by atoms with Crippen LogP contribution in [0.15, 0.2) is 61.1 Å². The van der Waals surface area contributed by atoms with Crippen LogP contribution in [0.25, 0.3) is 0 Å². The van der Waals surface area contributed by atoms with Crippen molar-refractivity contribution in [3.63, 3.8) is 0 Å². The van der Waals surface area contributed by atoms with Gasteiger partial charge in [-0.15, -0.1) is 13.0 Å². The van der Waals surface area contributed by atoms with Crippen LogP contribution in [0.5, 0.6) is 0 Å². The molecule has 2 rings (SSSR count). The third kappa shape index (κ3) is 17.5. The minimum absolute atomic E-state index is 0.481. The summed E-state index contributed by atoms with van der Waals surface area (Å²) in [5.74, 6) is 8.58. The van der Waals surface area contributed by atoms with Gasteiger partial charge in [-0.25, -0.2) is 5.84 Å². The molecular formula is C28H49N5. The smallest absolute Gasteiger partial charge is 0.0486 e. The zero-order valence-electron chi connectivity index (χ0n) is 22.2. The first-order valence-corrected chi connectivity index (χ1v) is 11.8. The van der Waals surface area contributed by atoms with Crippen molar-refractivity contribution in [3.05, 3.63) is 72.2 Å². The summed E-state index contributed by atoms with van der Waals surface area (Å²) in [4.78, 5) is 2.36. The molecule has 186 valence electrons. The third-order valence-electron chi connectivity index (χ3n) is 4.61. The minimum Gasteiger partial charge on any atom is -0.401 e. The Hall–Kier alpha value is -2.68. The van der Waals surface area contributed by atoms with Crippen LogP contribution in [-0.4, -0.2) is 36.6 Å². The normalized spacial score (nSPS) is 14.9. The van der Waals surface area contributed by atoms with Crippen molar-refractivity contribution in [2.45, 2.75) is 66.5 Å². The summed E-state index contributed by atoms with van der Waals surface area (Å²) in [5.41, 5.74) is 9.22. The highest BCUT2D eigenvalue weighted by Gasteiger charge is 2.22. The van der Waals surface area contributed by atoms with Crippen molar-refractivity contribution in [2.24, 2.45) is 17.5 Å². The summed E-state index contributed by atoms with van der Waals surface area (Å²) < 4.78 is 0. The summed E-state index contributed by atoms with van der Waals surface area (Å²) in [6.07, 6.45) is 12.5. The molecule has 0 radical (unpaired) electrons. The summed E-state index contributed by atoms with van der Waals surface area (Å²) in [6.45, 7) is 19.9. The van der Waals surface area contributed by atoms with Gasteiger partial charge in [-0.3, -0.25) is 4.90 Å². The summed E-state index contributed by atoms with van der Waals surface area (Å²) in [7, 11) is 3.88. The van der Waals surface area contributed by atoms with Gasteiger partial charge in [0, 0.05) is 42.8 Å². The molecule has 0 aromatic heterocycles. The number of benzene rings is 1. The number of nitrogens with two attached hydrogens (primary N) is 2. The lowest BCUT2D eigenvalue weighted by Crippen LogP contribution is -2.32. The SMILES string of the molecule is C#Cc1ccc(CNC(=C)C2CCCN2C)cc1.C/C(N)=C/N(C)N.C=CCC(C)C.CC. The van der Waals surface area contributed by atoms with Crippen LogP contribution < -0.4 is 16.9 Å². The quantitative estimate of drug-likeness (QED) is 0.227. The first kappa shape index (κ1) is 32.5. The summed E-state index contributed by atoms with van der Waals surface area (Å²) >= 11 is 0. The Labute approximate surface area is 204 Å². The molecule has 1 unspecified atom stereocenters. The molecule has 1 aliphatic heterocycles. The standard InChI is InChI=1S/C16H20N2.C6H12.C4H11N3.C2H6/c1-4-14-7-9-15(10-8-14)12-17-13(2)16-6-5-11-18(16)3;1-4-5-6(2)3;1-4(5)3-7(2)6;1-2/h1,7-10,16-17H,2,5-6,11-12H2,3H3;4,6H,1,5H2,2-3H3;3H,5-6H2,1-2H3;1-2H3/b;;4-3-;. The highest BCUT2D eigenvalue weighted by Crippen LogP contribution is 2.19. The number of nitrogens with zero attached hydrogens (tertiary/aromatic N) is 2. The van der Waals surface area contributed by atoms with Gasteiger partial charge in [0.15, 0.2) is 0 Å². The van der Waals surface area contributed by atoms with Crippen LogP contribution in [0.1, 0.15) is 65.0 Å². The van der Waals surface area contributed by atoms with Gasteiger partial charge >= 0.3 is 0 Å². The highest BCUT2D eigenvalue weighted by atomic mass is 15.4. The van der Waals surface area contributed by atoms with Crippen LogP contribution in [0, 0.1) is 18.3 Å². The fourth-order valence-corrected chi connectivity index (χ4v) is 3.06. The molecule has 0 bridgehead atoms. The Bertz CT molecular complexity index is 707. The van der Waals surface area contributed by atoms with Crippen LogP contribution in [0.4, 0.5) is 0 Å². The maximum atomic E-state index is 5.33. The number of allylic oxidation sites excluding steroid dienone is 2. The van der Waals surface area contributed by atoms with E-state index in [0.29, 0.717) is 11.7 Å². The second kappa shape index (κ2) is 20.0. The van der Waals surface area contributed by atoms with E-state index in [0.717, 1.165) is 30.1 Å². The van der Waals surface area contributed by atoms with Crippen molar-refractivity contribution < 1.29 is 0 Å². The first-order chi connectivity index (χ1) is 15.6. The Balaban J connectivity index is 0. The summed E-state index contributed by atoms with van der Waals surface area (Å²) in [6, 6.07) is 8.56. The number of terminal acetylenes is 1. The molecule has 1 aliphatic rings. The van der Waals surface area contributed by atoms with E-state index in [1.807, 2.05) is 32.1 Å². The molecule has 33 heavy (non-hydrogen) atoms.